The lowest BCUT2D eigenvalue weighted by atomic mass is 10.0. The van der Waals surface area contributed by atoms with Crippen LogP contribution in [0.3, 0.4) is 0 Å². The molecule has 0 atom stereocenters. The summed E-state index contributed by atoms with van der Waals surface area (Å²) >= 11 is 0. The van der Waals surface area contributed by atoms with Crippen molar-refractivity contribution in [1.29, 1.82) is 0 Å². The number of rotatable bonds is 6. The van der Waals surface area contributed by atoms with Crippen LogP contribution in [0, 0.1) is 6.92 Å². The summed E-state index contributed by atoms with van der Waals surface area (Å²) in [6.07, 6.45) is 1.76. The van der Waals surface area contributed by atoms with Gasteiger partial charge in [0.15, 0.2) is 0 Å². The molecule has 0 spiro atoms. The Hall–Kier alpha value is -3.45. The fourth-order valence-corrected chi connectivity index (χ4v) is 4.21. The van der Waals surface area contributed by atoms with E-state index in [1.807, 2.05) is 60.5 Å². The second-order valence-corrected chi connectivity index (χ2v) is 8.71. The van der Waals surface area contributed by atoms with Gasteiger partial charge in [-0.2, -0.15) is 5.10 Å². The molecule has 2 amide bonds. The van der Waals surface area contributed by atoms with E-state index >= 15 is 0 Å². The Morgan fingerprint density at radius 3 is 2.36 bits per heavy atom. The zero-order valence-electron chi connectivity index (χ0n) is 19.5. The summed E-state index contributed by atoms with van der Waals surface area (Å²) in [5.74, 6) is 0.665. The fraction of sp³-hybridized carbons (Fsp3) is 0.346. The molecule has 1 aromatic heterocycles. The molecule has 7 heteroatoms. The maximum atomic E-state index is 12.9. The third kappa shape index (κ3) is 5.49. The molecule has 33 heavy (non-hydrogen) atoms. The van der Waals surface area contributed by atoms with Crippen LogP contribution >= 0.6 is 0 Å². The van der Waals surface area contributed by atoms with Crippen LogP contribution in [-0.2, 0) is 9.59 Å². The number of para-hydroxylation sites is 1. The number of likely N-dealkylation sites (tertiary alicyclic amines) is 1. The first kappa shape index (κ1) is 22.7. The fourth-order valence-electron chi connectivity index (χ4n) is 4.21. The number of aryl methyl sites for hydroxylation is 1. The van der Waals surface area contributed by atoms with Crippen molar-refractivity contribution in [2.24, 2.45) is 0 Å². The van der Waals surface area contributed by atoms with Crippen LogP contribution in [-0.4, -0.2) is 64.1 Å². The molecular weight excluding hydrogens is 414 g/mol. The van der Waals surface area contributed by atoms with Crippen molar-refractivity contribution < 1.29 is 9.59 Å². The van der Waals surface area contributed by atoms with E-state index in [9.17, 15) is 9.59 Å². The van der Waals surface area contributed by atoms with Crippen LogP contribution < -0.4 is 5.32 Å². The van der Waals surface area contributed by atoms with Gasteiger partial charge >= 0.3 is 0 Å². The van der Waals surface area contributed by atoms with Crippen molar-refractivity contribution in [3.63, 3.8) is 0 Å². The highest BCUT2D eigenvalue weighted by atomic mass is 16.2. The van der Waals surface area contributed by atoms with Gasteiger partial charge < -0.3 is 10.2 Å². The lowest BCUT2D eigenvalue weighted by molar-refractivity contribution is -0.130. The standard InChI is InChI=1S/C26H31N5O2/c1-19-9-11-21(12-10-19)24-17-25(31(28-24)23-7-5-4-6-8-23)27-26(33)18-30-15-13-22(14-16-30)29(3)20(2)32/h4-12,17,22H,13-16,18H2,1-3H3,(H,27,33). The molecule has 3 aromatic rings. The summed E-state index contributed by atoms with van der Waals surface area (Å²) < 4.78 is 1.78. The molecule has 0 unspecified atom stereocenters. The van der Waals surface area contributed by atoms with E-state index in [1.54, 1.807) is 11.6 Å². The van der Waals surface area contributed by atoms with E-state index in [1.165, 1.54) is 5.56 Å². The average Bonchev–Trinajstić information content (AvgIpc) is 3.23. The predicted molar refractivity (Wildman–Crippen MR) is 130 cm³/mol. The van der Waals surface area contributed by atoms with Gasteiger partial charge in [-0.25, -0.2) is 4.68 Å². The second kappa shape index (κ2) is 10.0. The maximum absolute atomic E-state index is 12.9. The van der Waals surface area contributed by atoms with Gasteiger partial charge in [-0.15, -0.1) is 0 Å². The predicted octanol–water partition coefficient (Wildman–Crippen LogP) is 3.73. The third-order valence-electron chi connectivity index (χ3n) is 6.29. The van der Waals surface area contributed by atoms with E-state index in [0.717, 1.165) is 42.9 Å². The highest BCUT2D eigenvalue weighted by Gasteiger charge is 2.25. The largest absolute Gasteiger partial charge is 0.343 e. The van der Waals surface area contributed by atoms with Gasteiger partial charge in [0.2, 0.25) is 11.8 Å². The Labute approximate surface area is 195 Å². The number of piperidine rings is 1. The SMILES string of the molecule is CC(=O)N(C)C1CCN(CC(=O)Nc2cc(-c3ccc(C)cc3)nn2-c2ccccc2)CC1. The number of anilines is 1. The van der Waals surface area contributed by atoms with Crippen molar-refractivity contribution in [1.82, 2.24) is 19.6 Å². The molecule has 0 saturated carbocycles. The molecule has 7 nitrogen and oxygen atoms in total. The number of carbonyl (C=O) groups is 2. The minimum absolute atomic E-state index is 0.0686. The van der Waals surface area contributed by atoms with E-state index in [4.69, 9.17) is 5.10 Å². The first-order valence-electron chi connectivity index (χ1n) is 11.4. The molecule has 172 valence electrons. The zero-order chi connectivity index (χ0) is 23.4. The Bertz CT molecular complexity index is 1100. The lowest BCUT2D eigenvalue weighted by Gasteiger charge is -2.36. The summed E-state index contributed by atoms with van der Waals surface area (Å²) in [4.78, 5) is 28.5. The van der Waals surface area contributed by atoms with Crippen molar-refractivity contribution in [2.75, 3.05) is 32.0 Å². The molecule has 1 aliphatic heterocycles. The Morgan fingerprint density at radius 1 is 1.06 bits per heavy atom. The van der Waals surface area contributed by atoms with Crippen LogP contribution in [0.1, 0.15) is 25.3 Å². The van der Waals surface area contributed by atoms with E-state index in [0.29, 0.717) is 12.4 Å². The maximum Gasteiger partial charge on any atom is 0.239 e. The minimum atomic E-state index is -0.0686. The van der Waals surface area contributed by atoms with Gasteiger partial charge in [-0.05, 0) is 31.9 Å². The van der Waals surface area contributed by atoms with Crippen LogP contribution in [0.15, 0.2) is 60.7 Å². The second-order valence-electron chi connectivity index (χ2n) is 8.71. The molecular formula is C26H31N5O2. The van der Waals surface area contributed by atoms with Gasteiger partial charge in [0, 0.05) is 44.7 Å². The molecule has 1 aliphatic rings. The van der Waals surface area contributed by atoms with Gasteiger partial charge in [-0.3, -0.25) is 14.5 Å². The van der Waals surface area contributed by atoms with Crippen molar-refractivity contribution in [2.45, 2.75) is 32.7 Å². The van der Waals surface area contributed by atoms with Crippen LogP contribution in [0.5, 0.6) is 0 Å². The number of amides is 2. The van der Waals surface area contributed by atoms with Crippen molar-refractivity contribution in [3.8, 4) is 16.9 Å². The number of carbonyl (C=O) groups excluding carboxylic acids is 2. The van der Waals surface area contributed by atoms with Crippen LogP contribution in [0.25, 0.3) is 16.9 Å². The van der Waals surface area contributed by atoms with Crippen molar-refractivity contribution in [3.05, 3.63) is 66.2 Å². The van der Waals surface area contributed by atoms with E-state index < -0.39 is 0 Å². The first-order valence-corrected chi connectivity index (χ1v) is 11.4. The Kier molecular flexibility index (Phi) is 6.89. The first-order chi connectivity index (χ1) is 15.9. The molecule has 0 radical (unpaired) electrons. The van der Waals surface area contributed by atoms with Gasteiger partial charge in [0.1, 0.15) is 5.82 Å². The molecule has 1 N–H and O–H groups in total. The monoisotopic (exact) mass is 445 g/mol. The van der Waals surface area contributed by atoms with E-state index in [-0.39, 0.29) is 17.9 Å². The number of aromatic nitrogens is 2. The number of benzene rings is 2. The molecule has 0 bridgehead atoms. The van der Waals surface area contributed by atoms with Crippen LogP contribution in [0.4, 0.5) is 5.82 Å². The quantitative estimate of drug-likeness (QED) is 0.628. The Morgan fingerprint density at radius 2 is 1.73 bits per heavy atom. The zero-order valence-corrected chi connectivity index (χ0v) is 19.5. The molecule has 1 fully saturated rings. The summed E-state index contributed by atoms with van der Waals surface area (Å²) in [7, 11) is 1.85. The number of nitrogens with zero attached hydrogens (tertiary/aromatic N) is 4. The summed E-state index contributed by atoms with van der Waals surface area (Å²) in [5.41, 5.74) is 3.89. The highest BCUT2D eigenvalue weighted by molar-refractivity contribution is 5.92. The number of hydrogen-bond donors (Lipinski definition) is 1. The smallest absolute Gasteiger partial charge is 0.239 e. The molecule has 2 heterocycles. The summed E-state index contributed by atoms with van der Waals surface area (Å²) in [6, 6.07) is 20.2. The summed E-state index contributed by atoms with van der Waals surface area (Å²) in [5, 5.41) is 7.84. The van der Waals surface area contributed by atoms with Gasteiger partial charge in [0.25, 0.3) is 0 Å². The molecule has 2 aromatic carbocycles. The topological polar surface area (TPSA) is 70.5 Å². The number of hydrogen-bond acceptors (Lipinski definition) is 4. The molecule has 0 aliphatic carbocycles. The third-order valence-corrected chi connectivity index (χ3v) is 6.29. The van der Waals surface area contributed by atoms with Crippen LogP contribution in [0.2, 0.25) is 0 Å². The molecule has 1 saturated heterocycles. The van der Waals surface area contributed by atoms with E-state index in [2.05, 4.69) is 29.3 Å². The highest BCUT2D eigenvalue weighted by Crippen LogP contribution is 2.25. The van der Waals surface area contributed by atoms with Crippen molar-refractivity contribution >= 4 is 17.6 Å². The van der Waals surface area contributed by atoms with Gasteiger partial charge in [0.05, 0.1) is 17.9 Å². The average molecular weight is 446 g/mol. The minimum Gasteiger partial charge on any atom is -0.343 e. The number of nitrogens with one attached hydrogen (secondary N) is 1. The van der Waals surface area contributed by atoms with Gasteiger partial charge in [-0.1, -0.05) is 48.0 Å². The lowest BCUT2D eigenvalue weighted by Crippen LogP contribution is -2.46. The molecule has 4 rings (SSSR count). The Balaban J connectivity index is 1.47. The summed E-state index contributed by atoms with van der Waals surface area (Å²) in [6.45, 7) is 5.56. The normalized spacial score (nSPS) is 14.8.